The standard InChI is InChI=1S/C17H29N/c1-13(2)11-17(6,18)12-16(4,5)15-9-7-14(3)8-10-15/h7-10,13H,11-12,18H2,1-6H3/t17-/m1/s1. The van der Waals surface area contributed by atoms with Crippen LogP contribution in [-0.4, -0.2) is 5.54 Å². The minimum atomic E-state index is -0.0947. The van der Waals surface area contributed by atoms with Crippen molar-refractivity contribution < 1.29 is 0 Å². The smallest absolute Gasteiger partial charge is 0.0136 e. The molecule has 0 radical (unpaired) electrons. The molecular weight excluding hydrogens is 218 g/mol. The first-order chi connectivity index (χ1) is 8.12. The van der Waals surface area contributed by atoms with Gasteiger partial charge in [-0.3, -0.25) is 0 Å². The third kappa shape index (κ3) is 4.45. The first-order valence-electron chi connectivity index (χ1n) is 6.98. The van der Waals surface area contributed by atoms with Crippen LogP contribution in [0.15, 0.2) is 24.3 Å². The lowest BCUT2D eigenvalue weighted by Gasteiger charge is -2.36. The van der Waals surface area contributed by atoms with Crippen molar-refractivity contribution in [3.05, 3.63) is 35.4 Å². The largest absolute Gasteiger partial charge is 0.325 e. The average Bonchev–Trinajstić information content (AvgIpc) is 2.13. The van der Waals surface area contributed by atoms with Crippen LogP contribution in [0.2, 0.25) is 0 Å². The molecule has 0 saturated carbocycles. The van der Waals surface area contributed by atoms with Gasteiger partial charge in [-0.2, -0.15) is 0 Å². The summed E-state index contributed by atoms with van der Waals surface area (Å²) in [7, 11) is 0. The fourth-order valence-electron chi connectivity index (χ4n) is 3.12. The molecule has 2 N–H and O–H groups in total. The summed E-state index contributed by atoms with van der Waals surface area (Å²) in [6.45, 7) is 13.4. The van der Waals surface area contributed by atoms with E-state index in [1.165, 1.54) is 11.1 Å². The van der Waals surface area contributed by atoms with Crippen molar-refractivity contribution in [2.75, 3.05) is 0 Å². The Balaban J connectivity index is 2.83. The van der Waals surface area contributed by atoms with Crippen molar-refractivity contribution in [3.63, 3.8) is 0 Å². The van der Waals surface area contributed by atoms with Crippen LogP contribution in [0, 0.1) is 12.8 Å². The molecule has 0 aromatic heterocycles. The molecule has 0 fully saturated rings. The molecule has 0 aliphatic carbocycles. The van der Waals surface area contributed by atoms with Crippen molar-refractivity contribution in [2.45, 2.75) is 65.3 Å². The second kappa shape index (κ2) is 5.44. The van der Waals surface area contributed by atoms with E-state index in [9.17, 15) is 0 Å². The van der Waals surface area contributed by atoms with E-state index in [2.05, 4.69) is 65.8 Å². The summed E-state index contributed by atoms with van der Waals surface area (Å²) in [5.74, 6) is 0.647. The predicted molar refractivity (Wildman–Crippen MR) is 80.9 cm³/mol. The first kappa shape index (κ1) is 15.2. The minimum absolute atomic E-state index is 0.0947. The Kier molecular flexibility index (Phi) is 4.61. The summed E-state index contributed by atoms with van der Waals surface area (Å²) in [5, 5.41) is 0. The molecule has 1 heteroatoms. The number of aryl methyl sites for hydroxylation is 1. The van der Waals surface area contributed by atoms with Crippen LogP contribution in [0.4, 0.5) is 0 Å². The molecule has 0 unspecified atom stereocenters. The van der Waals surface area contributed by atoms with Crippen LogP contribution in [0.3, 0.4) is 0 Å². The van der Waals surface area contributed by atoms with Crippen molar-refractivity contribution in [3.8, 4) is 0 Å². The maximum atomic E-state index is 6.47. The van der Waals surface area contributed by atoms with E-state index in [1.54, 1.807) is 0 Å². The van der Waals surface area contributed by atoms with Gasteiger partial charge in [0.25, 0.3) is 0 Å². The van der Waals surface area contributed by atoms with Crippen LogP contribution in [0.25, 0.3) is 0 Å². The highest BCUT2D eigenvalue weighted by Crippen LogP contribution is 2.33. The number of hydrogen-bond donors (Lipinski definition) is 1. The zero-order valence-electron chi connectivity index (χ0n) is 12.9. The summed E-state index contributed by atoms with van der Waals surface area (Å²) in [4.78, 5) is 0. The molecular formula is C17H29N. The van der Waals surface area contributed by atoms with Gasteiger partial charge in [-0.15, -0.1) is 0 Å². The fourth-order valence-corrected chi connectivity index (χ4v) is 3.12. The van der Waals surface area contributed by atoms with Crippen molar-refractivity contribution in [1.82, 2.24) is 0 Å². The number of benzene rings is 1. The van der Waals surface area contributed by atoms with E-state index in [0.29, 0.717) is 5.92 Å². The van der Waals surface area contributed by atoms with Crippen LogP contribution >= 0.6 is 0 Å². The molecule has 102 valence electrons. The Morgan fingerprint density at radius 1 is 1.06 bits per heavy atom. The fraction of sp³-hybridized carbons (Fsp3) is 0.647. The lowest BCUT2D eigenvalue weighted by Crippen LogP contribution is -2.43. The molecule has 0 aliphatic heterocycles. The van der Waals surface area contributed by atoms with Gasteiger partial charge in [0.05, 0.1) is 0 Å². The molecule has 1 aromatic carbocycles. The second-order valence-electron chi connectivity index (χ2n) is 7.18. The Labute approximate surface area is 113 Å². The van der Waals surface area contributed by atoms with E-state index < -0.39 is 0 Å². The molecule has 0 bridgehead atoms. The summed E-state index contributed by atoms with van der Waals surface area (Å²) >= 11 is 0. The van der Waals surface area contributed by atoms with Gasteiger partial charge in [-0.05, 0) is 43.6 Å². The molecule has 1 atom stereocenters. The summed E-state index contributed by atoms with van der Waals surface area (Å²) in [6.07, 6.45) is 2.09. The van der Waals surface area contributed by atoms with Gasteiger partial charge in [0.2, 0.25) is 0 Å². The average molecular weight is 247 g/mol. The molecule has 1 aromatic rings. The molecule has 0 spiro atoms. The lowest BCUT2D eigenvalue weighted by molar-refractivity contribution is 0.281. The Hall–Kier alpha value is -0.820. The maximum absolute atomic E-state index is 6.47. The van der Waals surface area contributed by atoms with Gasteiger partial charge in [-0.25, -0.2) is 0 Å². The maximum Gasteiger partial charge on any atom is 0.0136 e. The monoisotopic (exact) mass is 247 g/mol. The first-order valence-corrected chi connectivity index (χ1v) is 6.98. The molecule has 0 saturated heterocycles. The van der Waals surface area contributed by atoms with Crippen molar-refractivity contribution in [1.29, 1.82) is 0 Å². The lowest BCUT2D eigenvalue weighted by atomic mass is 9.72. The molecule has 1 nitrogen and oxygen atoms in total. The molecule has 0 amide bonds. The molecule has 1 rings (SSSR count). The van der Waals surface area contributed by atoms with Gasteiger partial charge >= 0.3 is 0 Å². The van der Waals surface area contributed by atoms with E-state index in [-0.39, 0.29) is 11.0 Å². The van der Waals surface area contributed by atoms with E-state index in [1.807, 2.05) is 0 Å². The van der Waals surface area contributed by atoms with Crippen LogP contribution in [0.5, 0.6) is 0 Å². The van der Waals surface area contributed by atoms with Gasteiger partial charge in [0, 0.05) is 5.54 Å². The van der Waals surface area contributed by atoms with E-state index >= 15 is 0 Å². The zero-order valence-corrected chi connectivity index (χ0v) is 12.9. The normalized spacial score (nSPS) is 15.8. The van der Waals surface area contributed by atoms with Gasteiger partial charge in [-0.1, -0.05) is 57.5 Å². The highest BCUT2D eigenvalue weighted by molar-refractivity contribution is 5.28. The topological polar surface area (TPSA) is 26.0 Å². The minimum Gasteiger partial charge on any atom is -0.325 e. The molecule has 0 aliphatic rings. The second-order valence-corrected chi connectivity index (χ2v) is 7.18. The van der Waals surface area contributed by atoms with Crippen molar-refractivity contribution >= 4 is 0 Å². The molecule has 18 heavy (non-hydrogen) atoms. The quantitative estimate of drug-likeness (QED) is 0.818. The summed E-state index contributed by atoms with van der Waals surface area (Å²) < 4.78 is 0. The van der Waals surface area contributed by atoms with Gasteiger partial charge in [0.15, 0.2) is 0 Å². The third-order valence-electron chi connectivity index (χ3n) is 3.55. The molecule has 0 heterocycles. The van der Waals surface area contributed by atoms with E-state index in [4.69, 9.17) is 5.73 Å². The highest BCUT2D eigenvalue weighted by Gasteiger charge is 2.30. The van der Waals surface area contributed by atoms with Crippen LogP contribution < -0.4 is 5.73 Å². The van der Waals surface area contributed by atoms with Crippen molar-refractivity contribution in [2.24, 2.45) is 11.7 Å². The Morgan fingerprint density at radius 3 is 2.00 bits per heavy atom. The predicted octanol–water partition coefficient (Wildman–Crippen LogP) is 4.43. The SMILES string of the molecule is Cc1ccc(C(C)(C)C[C@](C)(N)CC(C)C)cc1. The number of rotatable bonds is 5. The van der Waals surface area contributed by atoms with Gasteiger partial charge < -0.3 is 5.73 Å². The number of nitrogens with two attached hydrogens (primary N) is 1. The zero-order chi connectivity index (χ0) is 14.0. The van der Waals surface area contributed by atoms with Crippen LogP contribution in [0.1, 0.15) is 58.6 Å². The van der Waals surface area contributed by atoms with E-state index in [0.717, 1.165) is 12.8 Å². The third-order valence-corrected chi connectivity index (χ3v) is 3.55. The van der Waals surface area contributed by atoms with Crippen LogP contribution in [-0.2, 0) is 5.41 Å². The van der Waals surface area contributed by atoms with Gasteiger partial charge in [0.1, 0.15) is 0 Å². The number of hydrogen-bond acceptors (Lipinski definition) is 1. The highest BCUT2D eigenvalue weighted by atomic mass is 14.7. The Morgan fingerprint density at radius 2 is 1.56 bits per heavy atom. The Bertz CT molecular complexity index is 371. The summed E-state index contributed by atoms with van der Waals surface area (Å²) in [5.41, 5.74) is 9.20. The summed E-state index contributed by atoms with van der Waals surface area (Å²) in [6, 6.07) is 8.85.